The summed E-state index contributed by atoms with van der Waals surface area (Å²) in [6.07, 6.45) is 12.7. The summed E-state index contributed by atoms with van der Waals surface area (Å²) in [4.78, 5) is 0. The third-order valence-corrected chi connectivity index (χ3v) is 17.9. The first-order valence-electron chi connectivity index (χ1n) is 21.8. The lowest BCUT2D eigenvalue weighted by molar-refractivity contribution is -0.0949. The van der Waals surface area contributed by atoms with E-state index in [-0.39, 0.29) is 99.1 Å². The predicted molar refractivity (Wildman–Crippen MR) is 253 cm³/mol. The Morgan fingerprint density at radius 3 is 1.80 bits per heavy atom. The van der Waals surface area contributed by atoms with Crippen molar-refractivity contribution < 1.29 is 64.9 Å². The number of hydrogen-bond donors (Lipinski definition) is 0. The molecule has 4 saturated heterocycles. The fraction of sp³-hybridized carbons (Fsp3) is 0.927. The van der Waals surface area contributed by atoms with Gasteiger partial charge >= 0.3 is 11.6 Å². The van der Waals surface area contributed by atoms with Crippen LogP contribution in [-0.2, 0) is 66.7 Å². The third kappa shape index (κ3) is 15.8. The van der Waals surface area contributed by atoms with Gasteiger partial charge in [0.25, 0.3) is 0 Å². The molecule has 0 aromatic carbocycles. The SMILES string of the molecule is O=S=O.[3H]CC1(C)OC(C)C(C)C1OP(=C)(C)OCC1(C)OC(C)C(C)C1OP(=C)(C)OCC1(C)OC(C)CC1OP(C)(=NC)OCC1OC(C)CC1OP(=C)(C)OC(C)(C)C. The van der Waals surface area contributed by atoms with Crippen molar-refractivity contribution in [3.63, 3.8) is 0 Å². The highest BCUT2D eigenvalue weighted by molar-refractivity contribution is 7.64. The van der Waals surface area contributed by atoms with Crippen LogP contribution in [0.4, 0.5) is 0 Å². The van der Waals surface area contributed by atoms with Crippen LogP contribution < -0.4 is 0 Å². The fourth-order valence-electron chi connectivity index (χ4n) is 8.47. The molecule has 0 amide bonds. The van der Waals surface area contributed by atoms with E-state index >= 15 is 0 Å². The summed E-state index contributed by atoms with van der Waals surface area (Å²) in [6.45, 7) is 32.7. The van der Waals surface area contributed by atoms with Crippen molar-refractivity contribution in [2.75, 3.05) is 53.5 Å². The minimum atomic E-state index is -2.74. The average molecular weight is 970 g/mol. The van der Waals surface area contributed by atoms with Gasteiger partial charge in [0.15, 0.2) is 0 Å². The van der Waals surface area contributed by atoms with Crippen LogP contribution in [0, 0.1) is 11.8 Å². The third-order valence-electron chi connectivity index (χ3n) is 11.5. The van der Waals surface area contributed by atoms with Gasteiger partial charge in [-0.3, -0.25) is 4.74 Å². The van der Waals surface area contributed by atoms with Gasteiger partial charge in [-0.05, 0) is 76.1 Å². The first kappa shape index (κ1) is 54.1. The highest BCUT2D eigenvalue weighted by atomic mass is 32.1. The molecule has 0 bridgehead atoms. The van der Waals surface area contributed by atoms with Crippen molar-refractivity contribution in [3.8, 4) is 0 Å². The zero-order valence-corrected chi connectivity index (χ0v) is 44.5. The summed E-state index contributed by atoms with van der Waals surface area (Å²) < 4.78 is 107. The molecule has 0 aliphatic carbocycles. The second kappa shape index (κ2) is 21.2. The normalized spacial score (nSPS) is 42.0. The van der Waals surface area contributed by atoms with Crippen LogP contribution in [-0.4, -0.2) is 158 Å². The molecular weight excluding hydrogens is 886 g/mol. The highest BCUT2D eigenvalue weighted by Gasteiger charge is 2.53. The monoisotopic (exact) mass is 969 g/mol. The lowest BCUT2D eigenvalue weighted by Gasteiger charge is -2.39. The molecule has 4 aliphatic rings. The topological polar surface area (TPSA) is 157 Å². The maximum atomic E-state index is 8.29. The van der Waals surface area contributed by atoms with Gasteiger partial charge in [0, 0.05) is 59.8 Å². The Morgan fingerprint density at radius 2 is 1.26 bits per heavy atom. The number of ether oxygens (including phenoxy) is 4. The summed E-state index contributed by atoms with van der Waals surface area (Å²) in [7, 11) is -8.71. The Hall–Kier alpha value is 0.470. The predicted octanol–water partition coefficient (Wildman–Crippen LogP) is 9.13. The molecule has 0 radical (unpaired) electrons. The van der Waals surface area contributed by atoms with Gasteiger partial charge in [-0.15, -0.1) is 0 Å². The molecule has 360 valence electrons. The molecular formula is C41H81NO14P4S. The number of nitrogens with zero attached hydrogens (tertiary/aromatic N) is 1. The van der Waals surface area contributed by atoms with E-state index in [9.17, 15) is 0 Å². The van der Waals surface area contributed by atoms with Gasteiger partial charge in [-0.1, -0.05) is 32.7 Å². The van der Waals surface area contributed by atoms with Crippen LogP contribution in [0.25, 0.3) is 0 Å². The van der Waals surface area contributed by atoms with Crippen molar-refractivity contribution in [3.05, 3.63) is 0 Å². The van der Waals surface area contributed by atoms with Crippen LogP contribution >= 0.6 is 29.5 Å². The van der Waals surface area contributed by atoms with Crippen LogP contribution in [0.2, 0.25) is 0 Å². The van der Waals surface area contributed by atoms with Gasteiger partial charge in [0.05, 0.1) is 73.8 Å². The molecule has 0 saturated carbocycles. The zero-order chi connectivity index (χ0) is 47.5. The molecule has 61 heavy (non-hydrogen) atoms. The van der Waals surface area contributed by atoms with E-state index in [4.69, 9.17) is 64.9 Å². The van der Waals surface area contributed by atoms with Gasteiger partial charge in [0.1, 0.15) is 45.4 Å². The number of hydrogen-bond acceptors (Lipinski definition) is 15. The minimum Gasteiger partial charge on any atom is -0.370 e. The van der Waals surface area contributed by atoms with Crippen LogP contribution in [0.5, 0.6) is 0 Å². The minimum absolute atomic E-state index is 0.00222. The van der Waals surface area contributed by atoms with Crippen LogP contribution in [0.15, 0.2) is 4.74 Å². The molecule has 0 aromatic rings. The Morgan fingerprint density at radius 1 is 0.738 bits per heavy atom. The van der Waals surface area contributed by atoms with E-state index in [0.717, 1.165) is 0 Å². The van der Waals surface area contributed by atoms with E-state index in [1.165, 1.54) is 0 Å². The van der Waals surface area contributed by atoms with Gasteiger partial charge < -0.3 is 55.1 Å². The first-order chi connectivity index (χ1) is 28.2. The van der Waals surface area contributed by atoms with Crippen molar-refractivity contribution in [2.45, 2.75) is 180 Å². The second-order valence-corrected chi connectivity index (χ2v) is 29.7. The van der Waals surface area contributed by atoms with Crippen molar-refractivity contribution >= 4 is 60.0 Å². The van der Waals surface area contributed by atoms with Crippen LogP contribution in [0.1, 0.15) is 104 Å². The van der Waals surface area contributed by atoms with Crippen molar-refractivity contribution in [1.29, 1.82) is 0 Å². The largest absolute Gasteiger partial charge is 0.370 e. The summed E-state index contributed by atoms with van der Waals surface area (Å²) in [5.41, 5.74) is -2.77. The molecule has 4 rings (SSSR count). The van der Waals surface area contributed by atoms with Crippen LogP contribution in [0.3, 0.4) is 0 Å². The molecule has 0 aromatic heterocycles. The molecule has 15 nitrogen and oxygen atoms in total. The molecule has 4 aliphatic heterocycles. The molecule has 18 unspecified atom stereocenters. The molecule has 4 heterocycles. The highest BCUT2D eigenvalue weighted by Crippen LogP contribution is 2.57. The Labute approximate surface area is 373 Å². The summed E-state index contributed by atoms with van der Waals surface area (Å²) in [5.74, 6) is 0.111. The van der Waals surface area contributed by atoms with Crippen molar-refractivity contribution in [1.82, 2.24) is 0 Å². The summed E-state index contributed by atoms with van der Waals surface area (Å²) in [5, 5.41) is 0. The lowest BCUT2D eigenvalue weighted by Crippen LogP contribution is -2.44. The summed E-state index contributed by atoms with van der Waals surface area (Å²) >= 11 is -0.750. The zero-order valence-electron chi connectivity index (χ0n) is 41.1. The maximum absolute atomic E-state index is 8.29. The van der Waals surface area contributed by atoms with E-state index in [1.807, 2.05) is 95.9 Å². The fourth-order valence-corrected chi connectivity index (χ4v) is 14.9. The summed E-state index contributed by atoms with van der Waals surface area (Å²) in [6, 6.07) is 0. The molecule has 0 N–H and O–H groups in total. The lowest BCUT2D eigenvalue weighted by atomic mass is 9.92. The quantitative estimate of drug-likeness (QED) is 0.120. The Kier molecular flexibility index (Phi) is 18.8. The van der Waals surface area contributed by atoms with E-state index in [2.05, 4.69) is 37.5 Å². The van der Waals surface area contributed by atoms with Crippen molar-refractivity contribution in [2.24, 2.45) is 16.6 Å². The molecule has 18 atom stereocenters. The molecule has 20 heteroatoms. The maximum Gasteiger partial charge on any atom is 0.335 e. The average Bonchev–Trinajstić information content (AvgIpc) is 3.76. The van der Waals surface area contributed by atoms with Gasteiger partial charge in [0.2, 0.25) is 7.51 Å². The first-order valence-corrected chi connectivity index (χ1v) is 30.5. The Balaban J connectivity index is 0.00000331. The smallest absolute Gasteiger partial charge is 0.335 e. The van der Waals surface area contributed by atoms with Gasteiger partial charge in [-0.2, -0.15) is 8.42 Å². The second-order valence-electron chi connectivity index (χ2n) is 19.6. The standard InChI is InChI=1S/C41H81NO12P4.O2S/c1-27-22-33(50-57(19,20)54-38(7,8)9)34(46-27)24-43-58(21,42-14)51-35-23-28(2)47-40(35,12)25-44-56(17,18)53-37-30(4)32(6)49-41(37,13)26-45-55(15,16)52-36-29(3)31(5)48-39(36,10)11;1-3-2/h27-37H,15,17,19,22-26H2,1-14,16,18,20-21H3;/i10T;. The van der Waals surface area contributed by atoms with E-state index in [0.29, 0.717) is 12.8 Å². The number of rotatable bonds is 18. The molecule has 0 spiro atoms. The molecule has 4 fully saturated rings. The Bertz CT molecular complexity index is 1750. The van der Waals surface area contributed by atoms with E-state index in [1.54, 1.807) is 7.05 Å². The van der Waals surface area contributed by atoms with E-state index < -0.39 is 57.9 Å². The van der Waals surface area contributed by atoms with Gasteiger partial charge in [-0.25, -0.2) is 0 Å².